The molecule has 0 spiro atoms. The van der Waals surface area contributed by atoms with Crippen molar-refractivity contribution in [2.75, 3.05) is 20.1 Å². The molecule has 7 heteroatoms. The van der Waals surface area contributed by atoms with E-state index in [2.05, 4.69) is 10.3 Å². The van der Waals surface area contributed by atoms with Gasteiger partial charge in [-0.05, 0) is 24.6 Å². The number of hydrogen-bond acceptors (Lipinski definition) is 4. The molecule has 2 amide bonds. The molecule has 21 heavy (non-hydrogen) atoms. The number of amides is 2. The molecule has 0 bridgehead atoms. The minimum Gasteiger partial charge on any atom is -0.478 e. The molecule has 1 rings (SSSR count). The number of carbonyl (C=O) groups excluding carboxylic acids is 2. The third-order valence-electron chi connectivity index (χ3n) is 2.71. The lowest BCUT2D eigenvalue weighted by Gasteiger charge is -2.19. The zero-order valence-corrected chi connectivity index (χ0v) is 11.9. The second-order valence-corrected chi connectivity index (χ2v) is 4.17. The summed E-state index contributed by atoms with van der Waals surface area (Å²) in [5.74, 6) is -1.68. The maximum atomic E-state index is 12.3. The number of carbonyl (C=O) groups is 3. The highest BCUT2D eigenvalue weighted by Crippen LogP contribution is 2.08. The fourth-order valence-corrected chi connectivity index (χ4v) is 1.60. The largest absolute Gasteiger partial charge is 0.478 e. The van der Waals surface area contributed by atoms with Crippen LogP contribution in [0.5, 0.6) is 0 Å². The first-order chi connectivity index (χ1) is 9.97. The van der Waals surface area contributed by atoms with E-state index in [-0.39, 0.29) is 18.4 Å². The summed E-state index contributed by atoms with van der Waals surface area (Å²) in [6.45, 7) is 2.10. The smallest absolute Gasteiger partial charge is 0.328 e. The van der Waals surface area contributed by atoms with E-state index in [1.54, 1.807) is 6.92 Å². The third kappa shape index (κ3) is 5.06. The summed E-state index contributed by atoms with van der Waals surface area (Å²) in [6.07, 6.45) is 5.15. The van der Waals surface area contributed by atoms with Crippen molar-refractivity contribution in [1.82, 2.24) is 15.2 Å². The SMILES string of the molecule is CCN(CC(=O)NC)C(=O)c1cncc(C=CC(=O)O)c1. The van der Waals surface area contributed by atoms with Gasteiger partial charge in [0.1, 0.15) is 0 Å². The maximum absolute atomic E-state index is 12.3. The van der Waals surface area contributed by atoms with E-state index in [1.807, 2.05) is 0 Å². The van der Waals surface area contributed by atoms with Crippen LogP contribution in [0.2, 0.25) is 0 Å². The van der Waals surface area contributed by atoms with Crippen molar-refractivity contribution in [3.8, 4) is 0 Å². The minimum absolute atomic E-state index is 0.0406. The first kappa shape index (κ1) is 16.4. The number of rotatable bonds is 6. The number of nitrogens with one attached hydrogen (secondary N) is 1. The molecule has 0 aliphatic carbocycles. The number of aliphatic carboxylic acids is 1. The topological polar surface area (TPSA) is 99.6 Å². The van der Waals surface area contributed by atoms with Crippen LogP contribution in [-0.4, -0.2) is 52.9 Å². The van der Waals surface area contributed by atoms with Gasteiger partial charge in [0.05, 0.1) is 12.1 Å². The summed E-state index contributed by atoms with van der Waals surface area (Å²) in [5.41, 5.74) is 0.799. The van der Waals surface area contributed by atoms with Crippen molar-refractivity contribution in [2.45, 2.75) is 6.92 Å². The average molecular weight is 291 g/mol. The molecule has 2 N–H and O–H groups in total. The molecule has 1 aromatic rings. The minimum atomic E-state index is -1.08. The summed E-state index contributed by atoms with van der Waals surface area (Å²) in [6, 6.07) is 1.53. The van der Waals surface area contributed by atoms with Crippen LogP contribution in [0.1, 0.15) is 22.8 Å². The molecule has 112 valence electrons. The molecular formula is C14H17N3O4. The number of aromatic nitrogens is 1. The Morgan fingerprint density at radius 1 is 1.38 bits per heavy atom. The molecule has 0 saturated carbocycles. The van der Waals surface area contributed by atoms with Gasteiger partial charge in [0.2, 0.25) is 5.91 Å². The molecule has 0 aliphatic heterocycles. The third-order valence-corrected chi connectivity index (χ3v) is 2.71. The first-order valence-electron chi connectivity index (χ1n) is 6.33. The van der Waals surface area contributed by atoms with Crippen molar-refractivity contribution < 1.29 is 19.5 Å². The van der Waals surface area contributed by atoms with Crippen LogP contribution in [0.25, 0.3) is 6.08 Å². The van der Waals surface area contributed by atoms with E-state index in [1.165, 1.54) is 36.5 Å². The Balaban J connectivity index is 2.93. The van der Waals surface area contributed by atoms with E-state index in [9.17, 15) is 14.4 Å². The lowest BCUT2D eigenvalue weighted by atomic mass is 10.1. The number of carboxylic acids is 1. The van der Waals surface area contributed by atoms with Crippen LogP contribution in [0.3, 0.4) is 0 Å². The highest BCUT2D eigenvalue weighted by atomic mass is 16.4. The molecule has 0 radical (unpaired) electrons. The highest BCUT2D eigenvalue weighted by Gasteiger charge is 2.17. The molecular weight excluding hydrogens is 274 g/mol. The Morgan fingerprint density at radius 2 is 2.10 bits per heavy atom. The summed E-state index contributed by atoms with van der Waals surface area (Å²) in [5, 5.41) is 11.0. The molecule has 7 nitrogen and oxygen atoms in total. The normalized spacial score (nSPS) is 10.4. The van der Waals surface area contributed by atoms with E-state index in [4.69, 9.17) is 5.11 Å². The van der Waals surface area contributed by atoms with Gasteiger partial charge in [-0.15, -0.1) is 0 Å². The van der Waals surface area contributed by atoms with Gasteiger partial charge in [-0.1, -0.05) is 0 Å². The zero-order chi connectivity index (χ0) is 15.8. The van der Waals surface area contributed by atoms with Gasteiger partial charge in [-0.3, -0.25) is 14.6 Å². The second kappa shape index (κ2) is 7.78. The first-order valence-corrected chi connectivity index (χ1v) is 6.33. The number of carboxylic acid groups (broad SMARTS) is 1. The van der Waals surface area contributed by atoms with Crippen LogP contribution in [0, 0.1) is 0 Å². The Hall–Kier alpha value is -2.70. The van der Waals surface area contributed by atoms with Crippen LogP contribution in [0.15, 0.2) is 24.5 Å². The molecule has 0 aliphatic rings. The van der Waals surface area contributed by atoms with Gasteiger partial charge in [0, 0.05) is 32.1 Å². The molecule has 1 aromatic heterocycles. The summed E-state index contributed by atoms with van der Waals surface area (Å²) in [4.78, 5) is 39.4. The molecule has 0 aromatic carbocycles. The predicted octanol–water partition coefficient (Wildman–Crippen LogP) is 0.387. The quantitative estimate of drug-likeness (QED) is 0.738. The number of pyridine rings is 1. The fraction of sp³-hybridized carbons (Fsp3) is 0.286. The van der Waals surface area contributed by atoms with E-state index in [0.717, 1.165) is 6.08 Å². The number of hydrogen-bond donors (Lipinski definition) is 2. The molecule has 0 unspecified atom stereocenters. The fourth-order valence-electron chi connectivity index (χ4n) is 1.60. The number of nitrogens with zero attached hydrogens (tertiary/aromatic N) is 2. The molecule has 0 saturated heterocycles. The maximum Gasteiger partial charge on any atom is 0.328 e. The summed E-state index contributed by atoms with van der Waals surface area (Å²) in [7, 11) is 1.50. The zero-order valence-electron chi connectivity index (χ0n) is 11.9. The van der Waals surface area contributed by atoms with Crippen LogP contribution in [0.4, 0.5) is 0 Å². The Kier molecular flexibility index (Phi) is 6.06. The van der Waals surface area contributed by atoms with Crippen LogP contribution < -0.4 is 5.32 Å². The van der Waals surface area contributed by atoms with Gasteiger partial charge in [0.25, 0.3) is 5.91 Å². The Morgan fingerprint density at radius 3 is 2.67 bits per heavy atom. The number of likely N-dealkylation sites (N-methyl/N-ethyl adjacent to an activating group) is 2. The summed E-state index contributed by atoms with van der Waals surface area (Å²) >= 11 is 0. The van der Waals surface area contributed by atoms with Gasteiger partial charge in [0.15, 0.2) is 0 Å². The van der Waals surface area contributed by atoms with Crippen LogP contribution >= 0.6 is 0 Å². The van der Waals surface area contributed by atoms with Gasteiger partial charge in [-0.25, -0.2) is 4.79 Å². The Labute approximate surface area is 122 Å². The van der Waals surface area contributed by atoms with Crippen molar-refractivity contribution in [2.24, 2.45) is 0 Å². The van der Waals surface area contributed by atoms with Crippen molar-refractivity contribution in [1.29, 1.82) is 0 Å². The molecule has 1 heterocycles. The van der Waals surface area contributed by atoms with Gasteiger partial charge in [-0.2, -0.15) is 0 Å². The Bertz CT molecular complexity index is 569. The molecule has 0 fully saturated rings. The van der Waals surface area contributed by atoms with E-state index >= 15 is 0 Å². The monoisotopic (exact) mass is 291 g/mol. The van der Waals surface area contributed by atoms with Gasteiger partial charge < -0.3 is 15.3 Å². The standard InChI is InChI=1S/C14H17N3O4/c1-3-17(9-12(18)15-2)14(21)11-6-10(7-16-8-11)4-5-13(19)20/h4-8H,3,9H2,1-2H3,(H,15,18)(H,19,20). The van der Waals surface area contributed by atoms with E-state index < -0.39 is 5.97 Å². The van der Waals surface area contributed by atoms with Crippen LogP contribution in [-0.2, 0) is 9.59 Å². The lowest BCUT2D eigenvalue weighted by Crippen LogP contribution is -2.39. The van der Waals surface area contributed by atoms with Crippen molar-refractivity contribution in [3.63, 3.8) is 0 Å². The summed E-state index contributed by atoms with van der Waals surface area (Å²) < 4.78 is 0. The van der Waals surface area contributed by atoms with Crippen molar-refractivity contribution in [3.05, 3.63) is 35.7 Å². The highest BCUT2D eigenvalue weighted by molar-refractivity contribution is 5.96. The predicted molar refractivity (Wildman–Crippen MR) is 76.6 cm³/mol. The second-order valence-electron chi connectivity index (χ2n) is 4.17. The van der Waals surface area contributed by atoms with Gasteiger partial charge >= 0.3 is 5.97 Å². The van der Waals surface area contributed by atoms with Crippen molar-refractivity contribution >= 4 is 23.9 Å². The lowest BCUT2D eigenvalue weighted by molar-refractivity contribution is -0.131. The average Bonchev–Trinajstić information content (AvgIpc) is 2.49. The molecule has 0 atom stereocenters. The van der Waals surface area contributed by atoms with E-state index in [0.29, 0.717) is 17.7 Å².